The van der Waals surface area contributed by atoms with E-state index in [0.717, 1.165) is 0 Å². The lowest BCUT2D eigenvalue weighted by Crippen LogP contribution is -2.19. The average molecular weight is 506 g/mol. The van der Waals surface area contributed by atoms with Crippen LogP contribution in [0.5, 0.6) is 0 Å². The molecule has 18 nitrogen and oxygen atoms in total. The second-order valence-electron chi connectivity index (χ2n) is 6.13. The van der Waals surface area contributed by atoms with Gasteiger partial charge in [-0.3, -0.25) is 9.09 Å². The molecule has 0 radical (unpaired) electrons. The number of phosphoric acid groups is 3. The molecule has 0 aliphatic carbocycles. The van der Waals surface area contributed by atoms with Crippen LogP contribution in [0.3, 0.4) is 0 Å². The molecular formula is C10H17N6O12P3. The van der Waals surface area contributed by atoms with E-state index in [1.165, 1.54) is 10.9 Å². The van der Waals surface area contributed by atoms with E-state index in [0.29, 0.717) is 0 Å². The maximum absolute atomic E-state index is 11.8. The summed E-state index contributed by atoms with van der Waals surface area (Å²) >= 11 is 0. The van der Waals surface area contributed by atoms with Crippen molar-refractivity contribution in [2.45, 2.75) is 24.9 Å². The Hall–Kier alpha value is -1.52. The van der Waals surface area contributed by atoms with Crippen LogP contribution in [0.15, 0.2) is 6.33 Å². The van der Waals surface area contributed by atoms with Crippen molar-refractivity contribution in [2.24, 2.45) is 0 Å². The lowest BCUT2D eigenvalue weighted by atomic mass is 10.2. The van der Waals surface area contributed by atoms with E-state index in [4.69, 9.17) is 30.9 Å². The third kappa shape index (κ3) is 6.04. The Morgan fingerprint density at radius 2 is 1.81 bits per heavy atom. The number of aliphatic hydroxyl groups excluding tert-OH is 1. The van der Waals surface area contributed by atoms with Gasteiger partial charge in [0.2, 0.25) is 5.95 Å². The van der Waals surface area contributed by atoms with Crippen LogP contribution in [-0.2, 0) is 31.6 Å². The predicted molar refractivity (Wildman–Crippen MR) is 98.5 cm³/mol. The van der Waals surface area contributed by atoms with Gasteiger partial charge in [0.25, 0.3) is 0 Å². The van der Waals surface area contributed by atoms with Crippen molar-refractivity contribution in [2.75, 3.05) is 18.1 Å². The van der Waals surface area contributed by atoms with Crippen LogP contribution in [0, 0.1) is 0 Å². The van der Waals surface area contributed by atoms with Gasteiger partial charge in [0.15, 0.2) is 17.7 Å². The van der Waals surface area contributed by atoms with E-state index in [2.05, 4.69) is 28.1 Å². The lowest BCUT2D eigenvalue weighted by molar-refractivity contribution is -0.0481. The number of ether oxygens (including phenoxy) is 1. The third-order valence-corrected chi connectivity index (χ3v) is 7.55. The minimum absolute atomic E-state index is 0.00190. The summed E-state index contributed by atoms with van der Waals surface area (Å²) in [5.41, 5.74) is 11.6. The Kier molecular flexibility index (Phi) is 6.57. The Balaban J connectivity index is 1.66. The molecule has 2 aromatic heterocycles. The molecule has 1 fully saturated rings. The van der Waals surface area contributed by atoms with Gasteiger partial charge in [0.05, 0.1) is 19.0 Å². The van der Waals surface area contributed by atoms with Crippen molar-refractivity contribution in [1.82, 2.24) is 19.5 Å². The fourth-order valence-electron chi connectivity index (χ4n) is 2.71. The second-order valence-corrected chi connectivity index (χ2v) is 10.5. The molecule has 3 rings (SSSR count). The first-order chi connectivity index (χ1) is 14.2. The summed E-state index contributed by atoms with van der Waals surface area (Å²) in [5.74, 6) is -0.151. The van der Waals surface area contributed by atoms with E-state index >= 15 is 0 Å². The van der Waals surface area contributed by atoms with Gasteiger partial charge in [-0.15, -0.1) is 0 Å². The molecule has 0 saturated carbocycles. The van der Waals surface area contributed by atoms with Crippen LogP contribution in [-0.4, -0.2) is 63.0 Å². The zero-order valence-electron chi connectivity index (χ0n) is 15.1. The van der Waals surface area contributed by atoms with Gasteiger partial charge in [0, 0.05) is 6.42 Å². The smallest absolute Gasteiger partial charge is 0.388 e. The zero-order valence-corrected chi connectivity index (χ0v) is 17.8. The number of fused-ring (bicyclic) bond motifs is 1. The van der Waals surface area contributed by atoms with Crippen molar-refractivity contribution < 1.29 is 56.3 Å². The first kappa shape index (κ1) is 24.1. The minimum atomic E-state index is -5.64. The highest BCUT2D eigenvalue weighted by Crippen LogP contribution is 2.66. The molecule has 3 heterocycles. The molecule has 174 valence electrons. The highest BCUT2D eigenvalue weighted by Gasteiger charge is 2.42. The number of nitrogens with zero attached hydrogens (tertiary/aromatic N) is 4. The molecule has 0 spiro atoms. The molecule has 2 aromatic rings. The number of hydrogen-bond donors (Lipinski definition) is 7. The van der Waals surface area contributed by atoms with Crippen molar-refractivity contribution >= 4 is 46.4 Å². The van der Waals surface area contributed by atoms with Crippen molar-refractivity contribution in [1.29, 1.82) is 0 Å². The zero-order chi connectivity index (χ0) is 23.2. The van der Waals surface area contributed by atoms with E-state index < -0.39 is 48.5 Å². The molecule has 0 bridgehead atoms. The summed E-state index contributed by atoms with van der Waals surface area (Å²) in [4.78, 5) is 47.4. The highest BCUT2D eigenvalue weighted by molar-refractivity contribution is 7.66. The number of nitrogen functional groups attached to an aromatic ring is 2. The van der Waals surface area contributed by atoms with E-state index in [-0.39, 0.29) is 29.4 Å². The molecular weight excluding hydrogens is 489 g/mol. The van der Waals surface area contributed by atoms with Crippen molar-refractivity contribution in [3.8, 4) is 0 Å². The number of hydrogen-bond acceptors (Lipinski definition) is 13. The molecule has 21 heteroatoms. The predicted octanol–water partition coefficient (Wildman–Crippen LogP) is -1.02. The fourth-order valence-corrected chi connectivity index (χ4v) is 5.76. The first-order valence-corrected chi connectivity index (χ1v) is 12.6. The minimum Gasteiger partial charge on any atom is -0.388 e. The topological polar surface area (TPSA) is 285 Å². The SMILES string of the molecule is Nc1nc(N)c2ncn([C@@H]3O[C@H](COP(=O)(O)OP(=O)(O)OP(=O)(O)O)C[C@H]3O)c2n1. The number of rotatable bonds is 8. The molecule has 0 amide bonds. The van der Waals surface area contributed by atoms with Gasteiger partial charge in [0.1, 0.15) is 11.6 Å². The standard InChI is InChI=1S/C10H17N6O12P3/c11-7-6-8(15-10(12)14-7)16(3-13-6)9-5(17)1-4(26-9)2-25-30(21,22)28-31(23,24)27-29(18,19)20/h3-5,9,17H,1-2H2,(H,21,22)(H,23,24)(H2,18,19,20)(H4,11,12,14,15)/t4-,5+,9+/m0/s1. The maximum atomic E-state index is 11.8. The molecule has 1 aliphatic heterocycles. The fraction of sp³-hybridized carbons (Fsp3) is 0.500. The highest BCUT2D eigenvalue weighted by atomic mass is 31.3. The van der Waals surface area contributed by atoms with Crippen molar-refractivity contribution in [3.63, 3.8) is 0 Å². The van der Waals surface area contributed by atoms with E-state index in [9.17, 15) is 23.7 Å². The number of anilines is 2. The number of phosphoric ester groups is 1. The summed E-state index contributed by atoms with van der Waals surface area (Å²) in [7, 11) is -16.5. The number of imidazole rings is 1. The Labute approximate surface area is 172 Å². The summed E-state index contributed by atoms with van der Waals surface area (Å²) in [6.07, 6.45) is -2.11. The van der Waals surface area contributed by atoms with Crippen LogP contribution in [0.2, 0.25) is 0 Å². The normalized spacial score (nSPS) is 26.0. The van der Waals surface area contributed by atoms with Gasteiger partial charge < -0.3 is 40.9 Å². The Bertz CT molecular complexity index is 1120. The van der Waals surface area contributed by atoms with Gasteiger partial charge in [-0.1, -0.05) is 0 Å². The number of aliphatic hydroxyl groups is 1. The molecule has 0 aromatic carbocycles. The maximum Gasteiger partial charge on any atom is 0.490 e. The lowest BCUT2D eigenvalue weighted by Gasteiger charge is -2.19. The van der Waals surface area contributed by atoms with Crippen LogP contribution >= 0.6 is 23.5 Å². The van der Waals surface area contributed by atoms with Crippen LogP contribution in [0.25, 0.3) is 11.2 Å². The molecule has 31 heavy (non-hydrogen) atoms. The Morgan fingerprint density at radius 1 is 1.13 bits per heavy atom. The summed E-state index contributed by atoms with van der Waals surface area (Å²) in [6, 6.07) is 0. The summed E-state index contributed by atoms with van der Waals surface area (Å²) in [6.45, 7) is -0.719. The summed E-state index contributed by atoms with van der Waals surface area (Å²) < 4.78 is 52.3. The second kappa shape index (κ2) is 8.44. The quantitative estimate of drug-likeness (QED) is 0.211. The van der Waals surface area contributed by atoms with Gasteiger partial charge in [-0.2, -0.15) is 18.6 Å². The third-order valence-electron chi connectivity index (χ3n) is 3.74. The number of nitrogens with two attached hydrogens (primary N) is 2. The van der Waals surface area contributed by atoms with Crippen LogP contribution in [0.1, 0.15) is 12.6 Å². The van der Waals surface area contributed by atoms with Gasteiger partial charge in [-0.05, 0) is 0 Å². The van der Waals surface area contributed by atoms with E-state index in [1.54, 1.807) is 0 Å². The average Bonchev–Trinajstić information content (AvgIpc) is 3.12. The monoisotopic (exact) mass is 506 g/mol. The molecule has 5 atom stereocenters. The molecule has 1 aliphatic rings. The van der Waals surface area contributed by atoms with E-state index in [1.807, 2.05) is 0 Å². The molecule has 1 saturated heterocycles. The molecule has 9 N–H and O–H groups in total. The largest absolute Gasteiger partial charge is 0.490 e. The molecule has 2 unspecified atom stereocenters. The first-order valence-electron chi connectivity index (χ1n) is 8.03. The van der Waals surface area contributed by atoms with Crippen LogP contribution < -0.4 is 11.5 Å². The number of aromatic nitrogens is 4. The van der Waals surface area contributed by atoms with Gasteiger partial charge >= 0.3 is 23.5 Å². The summed E-state index contributed by atoms with van der Waals surface area (Å²) in [5, 5.41) is 10.3. The van der Waals surface area contributed by atoms with Crippen LogP contribution in [0.4, 0.5) is 11.8 Å². The Morgan fingerprint density at radius 3 is 2.45 bits per heavy atom. The van der Waals surface area contributed by atoms with Crippen molar-refractivity contribution in [3.05, 3.63) is 6.33 Å². The van der Waals surface area contributed by atoms with Gasteiger partial charge in [-0.25, -0.2) is 18.7 Å².